The Morgan fingerprint density at radius 2 is 2.33 bits per heavy atom. The van der Waals surface area contributed by atoms with E-state index in [0.29, 0.717) is 36.2 Å². The van der Waals surface area contributed by atoms with Crippen LogP contribution in [0.25, 0.3) is 0 Å². The van der Waals surface area contributed by atoms with E-state index in [9.17, 15) is 0 Å². The van der Waals surface area contributed by atoms with Gasteiger partial charge in [0.25, 0.3) is 0 Å². The van der Waals surface area contributed by atoms with Crippen molar-refractivity contribution in [3.05, 3.63) is 59.2 Å². The second kappa shape index (κ2) is 6.33. The maximum Gasteiger partial charge on any atom is 0.240 e. The molecule has 0 atom stereocenters. The van der Waals surface area contributed by atoms with Crippen molar-refractivity contribution in [3.8, 4) is 0 Å². The molecule has 0 bridgehead atoms. The van der Waals surface area contributed by atoms with Crippen LogP contribution in [0.15, 0.2) is 41.4 Å². The van der Waals surface area contributed by atoms with Gasteiger partial charge in [-0.25, -0.2) is 0 Å². The van der Waals surface area contributed by atoms with E-state index < -0.39 is 0 Å². The number of benzene rings is 1. The molecule has 0 saturated carbocycles. The average molecular weight is 264 g/mol. The summed E-state index contributed by atoms with van der Waals surface area (Å²) in [6.45, 7) is 4.88. The molecular weight excluding hydrogens is 250 g/mol. The fourth-order valence-corrected chi connectivity index (χ4v) is 1.76. The highest BCUT2D eigenvalue weighted by molar-refractivity contribution is 6.30. The summed E-state index contributed by atoms with van der Waals surface area (Å²) in [5.74, 6) is 1.24. The second-order valence-corrected chi connectivity index (χ2v) is 4.27. The Morgan fingerprint density at radius 3 is 3.11 bits per heavy atom. The molecule has 2 aromatic rings. The van der Waals surface area contributed by atoms with E-state index >= 15 is 0 Å². The van der Waals surface area contributed by atoms with Gasteiger partial charge in [0, 0.05) is 18.0 Å². The highest BCUT2D eigenvalue weighted by Crippen LogP contribution is 2.13. The highest BCUT2D eigenvalue weighted by atomic mass is 35.5. The van der Waals surface area contributed by atoms with E-state index in [4.69, 9.17) is 16.1 Å². The van der Waals surface area contributed by atoms with Crippen LogP contribution in [0.2, 0.25) is 5.02 Å². The third-order valence-corrected chi connectivity index (χ3v) is 2.56. The Balaban J connectivity index is 1.96. The molecule has 0 aliphatic heterocycles. The molecule has 1 aromatic carbocycles. The van der Waals surface area contributed by atoms with E-state index in [0.717, 1.165) is 5.56 Å². The first-order valence-electron chi connectivity index (χ1n) is 5.65. The summed E-state index contributed by atoms with van der Waals surface area (Å²) >= 11 is 5.92. The van der Waals surface area contributed by atoms with Crippen molar-refractivity contribution < 1.29 is 4.52 Å². The van der Waals surface area contributed by atoms with Crippen LogP contribution in [-0.2, 0) is 13.0 Å². The van der Waals surface area contributed by atoms with Gasteiger partial charge in [0.05, 0.1) is 6.54 Å². The molecule has 4 nitrogen and oxygen atoms in total. The lowest BCUT2D eigenvalue weighted by atomic mass is 10.1. The Bertz CT molecular complexity index is 524. The maximum absolute atomic E-state index is 5.92. The molecule has 0 spiro atoms. The summed E-state index contributed by atoms with van der Waals surface area (Å²) in [5, 5.41) is 7.74. The van der Waals surface area contributed by atoms with Crippen LogP contribution in [0.3, 0.4) is 0 Å². The lowest BCUT2D eigenvalue weighted by Crippen LogP contribution is -2.12. The fourth-order valence-electron chi connectivity index (χ4n) is 1.54. The number of nitrogens with one attached hydrogen (secondary N) is 1. The first-order chi connectivity index (χ1) is 8.78. The van der Waals surface area contributed by atoms with E-state index in [1.54, 1.807) is 6.08 Å². The lowest BCUT2D eigenvalue weighted by Gasteiger charge is -1.96. The normalized spacial score (nSPS) is 10.5. The minimum absolute atomic E-state index is 0.550. The van der Waals surface area contributed by atoms with Gasteiger partial charge in [0.2, 0.25) is 5.89 Å². The quantitative estimate of drug-likeness (QED) is 0.643. The van der Waals surface area contributed by atoms with Crippen molar-refractivity contribution in [2.24, 2.45) is 0 Å². The van der Waals surface area contributed by atoms with Gasteiger partial charge in [-0.15, -0.1) is 6.58 Å². The molecule has 0 aliphatic carbocycles. The summed E-state index contributed by atoms with van der Waals surface area (Å²) in [4.78, 5) is 4.29. The number of halogens is 1. The topological polar surface area (TPSA) is 51.0 Å². The lowest BCUT2D eigenvalue weighted by molar-refractivity contribution is 0.366. The Hall–Kier alpha value is -1.65. The molecule has 2 rings (SSSR count). The molecule has 0 fully saturated rings. The van der Waals surface area contributed by atoms with Crippen molar-refractivity contribution >= 4 is 11.6 Å². The average Bonchev–Trinajstić information content (AvgIpc) is 2.77. The van der Waals surface area contributed by atoms with Gasteiger partial charge in [0.1, 0.15) is 0 Å². The predicted octanol–water partition coefficient (Wildman–Crippen LogP) is 2.59. The molecule has 5 heteroatoms. The smallest absolute Gasteiger partial charge is 0.240 e. The van der Waals surface area contributed by atoms with Crippen molar-refractivity contribution in [2.75, 3.05) is 6.54 Å². The first-order valence-corrected chi connectivity index (χ1v) is 6.03. The van der Waals surface area contributed by atoms with Crippen LogP contribution in [0.1, 0.15) is 17.3 Å². The zero-order valence-electron chi connectivity index (χ0n) is 9.90. The minimum Gasteiger partial charge on any atom is -0.338 e. The van der Waals surface area contributed by atoms with Gasteiger partial charge in [-0.05, 0) is 17.7 Å². The third-order valence-electron chi connectivity index (χ3n) is 2.33. The zero-order valence-corrected chi connectivity index (χ0v) is 10.7. The van der Waals surface area contributed by atoms with Crippen LogP contribution in [-0.4, -0.2) is 16.7 Å². The largest absolute Gasteiger partial charge is 0.338 e. The number of hydrogen-bond acceptors (Lipinski definition) is 4. The van der Waals surface area contributed by atoms with Gasteiger partial charge in [-0.2, -0.15) is 4.98 Å². The number of rotatable bonds is 6. The molecule has 94 valence electrons. The Morgan fingerprint density at radius 1 is 1.44 bits per heavy atom. The van der Waals surface area contributed by atoms with E-state index in [-0.39, 0.29) is 0 Å². The van der Waals surface area contributed by atoms with Crippen LogP contribution < -0.4 is 5.32 Å². The van der Waals surface area contributed by atoms with Gasteiger partial charge >= 0.3 is 0 Å². The summed E-state index contributed by atoms with van der Waals surface area (Å²) in [6.07, 6.45) is 2.40. The molecule has 0 unspecified atom stereocenters. The van der Waals surface area contributed by atoms with Crippen LogP contribution >= 0.6 is 11.6 Å². The summed E-state index contributed by atoms with van der Waals surface area (Å²) < 4.78 is 5.12. The second-order valence-electron chi connectivity index (χ2n) is 3.83. The van der Waals surface area contributed by atoms with E-state index in [1.165, 1.54) is 0 Å². The van der Waals surface area contributed by atoms with Crippen molar-refractivity contribution in [3.63, 3.8) is 0 Å². The number of hydrogen-bond donors (Lipinski definition) is 1. The van der Waals surface area contributed by atoms with Crippen molar-refractivity contribution in [2.45, 2.75) is 13.0 Å². The number of aromatic nitrogens is 2. The van der Waals surface area contributed by atoms with Gasteiger partial charge in [-0.1, -0.05) is 35.0 Å². The maximum atomic E-state index is 5.92. The van der Waals surface area contributed by atoms with Crippen LogP contribution in [0.4, 0.5) is 0 Å². The van der Waals surface area contributed by atoms with Gasteiger partial charge in [0.15, 0.2) is 5.82 Å². The molecule has 1 aromatic heterocycles. The Kier molecular flexibility index (Phi) is 4.50. The standard InChI is InChI=1S/C13H14ClN3O/c1-2-6-15-9-13-16-12(17-18-13)8-10-4-3-5-11(14)7-10/h2-5,7,15H,1,6,8-9H2. The molecule has 0 radical (unpaired) electrons. The van der Waals surface area contributed by atoms with E-state index in [1.807, 2.05) is 24.3 Å². The molecule has 1 heterocycles. The molecule has 0 saturated heterocycles. The van der Waals surface area contributed by atoms with Crippen LogP contribution in [0, 0.1) is 0 Å². The zero-order chi connectivity index (χ0) is 12.8. The van der Waals surface area contributed by atoms with Gasteiger partial charge < -0.3 is 9.84 Å². The summed E-state index contributed by atoms with van der Waals surface area (Å²) in [5.41, 5.74) is 1.06. The Labute approximate surface area is 111 Å². The molecular formula is C13H14ClN3O. The highest BCUT2D eigenvalue weighted by Gasteiger charge is 2.06. The van der Waals surface area contributed by atoms with Crippen molar-refractivity contribution in [1.29, 1.82) is 0 Å². The van der Waals surface area contributed by atoms with Crippen LogP contribution in [0.5, 0.6) is 0 Å². The minimum atomic E-state index is 0.550. The summed E-state index contributed by atoms with van der Waals surface area (Å²) in [7, 11) is 0. The predicted molar refractivity (Wildman–Crippen MR) is 70.5 cm³/mol. The number of nitrogens with zero attached hydrogens (tertiary/aromatic N) is 2. The molecule has 0 amide bonds. The fraction of sp³-hybridized carbons (Fsp3) is 0.231. The molecule has 1 N–H and O–H groups in total. The first kappa shape index (κ1) is 12.8. The molecule has 18 heavy (non-hydrogen) atoms. The third kappa shape index (κ3) is 3.68. The summed E-state index contributed by atoms with van der Waals surface area (Å²) in [6, 6.07) is 7.63. The monoisotopic (exact) mass is 263 g/mol. The van der Waals surface area contributed by atoms with Gasteiger partial charge in [-0.3, -0.25) is 0 Å². The van der Waals surface area contributed by atoms with Crippen molar-refractivity contribution in [1.82, 2.24) is 15.5 Å². The molecule has 0 aliphatic rings. The SMILES string of the molecule is C=CCNCc1nc(Cc2cccc(Cl)c2)no1. The van der Waals surface area contributed by atoms with E-state index in [2.05, 4.69) is 22.0 Å².